The second-order valence-electron chi connectivity index (χ2n) is 4.40. The lowest BCUT2D eigenvalue weighted by atomic mass is 10.0. The van der Waals surface area contributed by atoms with Crippen LogP contribution in [0.2, 0.25) is 0 Å². The van der Waals surface area contributed by atoms with Crippen molar-refractivity contribution in [2.75, 3.05) is 13.7 Å². The van der Waals surface area contributed by atoms with E-state index in [1.807, 2.05) is 0 Å². The molecule has 3 nitrogen and oxygen atoms in total. The summed E-state index contributed by atoms with van der Waals surface area (Å²) in [4.78, 5) is 13.5. The normalized spacial score (nSPS) is 18.4. The fourth-order valence-corrected chi connectivity index (χ4v) is 2.33. The zero-order valence-corrected chi connectivity index (χ0v) is 11.4. The molecule has 0 aliphatic carbocycles. The van der Waals surface area contributed by atoms with E-state index in [1.165, 1.54) is 19.2 Å². The number of methoxy groups -OCH3 is 1. The third kappa shape index (κ3) is 2.77. The quantitative estimate of drug-likeness (QED) is 0.620. The number of halogens is 3. The van der Waals surface area contributed by atoms with Crippen molar-refractivity contribution in [2.45, 2.75) is 18.6 Å². The van der Waals surface area contributed by atoms with Crippen LogP contribution in [0.25, 0.3) is 0 Å². The number of thiocarbonyl (C=S) groups is 1. The number of hydrogen-bond acceptors (Lipinski definition) is 3. The first kappa shape index (κ1) is 14.8. The van der Waals surface area contributed by atoms with Crippen LogP contribution in [0.4, 0.5) is 13.2 Å². The van der Waals surface area contributed by atoms with Crippen LogP contribution in [-0.4, -0.2) is 35.6 Å². The van der Waals surface area contributed by atoms with Crippen molar-refractivity contribution in [3.8, 4) is 0 Å². The van der Waals surface area contributed by atoms with E-state index >= 15 is 0 Å². The molecule has 0 N–H and O–H groups in total. The van der Waals surface area contributed by atoms with Crippen LogP contribution in [-0.2, 0) is 15.7 Å². The lowest BCUT2D eigenvalue weighted by Crippen LogP contribution is -2.55. The van der Waals surface area contributed by atoms with Crippen molar-refractivity contribution < 1.29 is 22.7 Å². The maximum atomic E-state index is 12.5. The van der Waals surface area contributed by atoms with Crippen molar-refractivity contribution in [3.05, 3.63) is 35.4 Å². The lowest BCUT2D eigenvalue weighted by molar-refractivity contribution is -0.148. The highest BCUT2D eigenvalue weighted by Crippen LogP contribution is 2.30. The summed E-state index contributed by atoms with van der Waals surface area (Å²) in [6.07, 6.45) is -3.74. The fourth-order valence-electron chi connectivity index (χ4n) is 1.98. The highest BCUT2D eigenvalue weighted by molar-refractivity contribution is 7.80. The third-order valence-corrected chi connectivity index (χ3v) is 3.68. The van der Waals surface area contributed by atoms with Gasteiger partial charge in [0, 0.05) is 12.1 Å². The maximum Gasteiger partial charge on any atom is 0.416 e. The molecule has 1 atom stereocenters. The van der Waals surface area contributed by atoms with Crippen LogP contribution < -0.4 is 0 Å². The van der Waals surface area contributed by atoms with Crippen LogP contribution in [0.1, 0.15) is 17.5 Å². The zero-order chi connectivity index (χ0) is 14.9. The predicted octanol–water partition coefficient (Wildman–Crippen LogP) is 2.63. The van der Waals surface area contributed by atoms with E-state index < -0.39 is 17.8 Å². The van der Waals surface area contributed by atoms with Crippen molar-refractivity contribution >= 4 is 23.2 Å². The number of nitrogens with zero attached hydrogens (tertiary/aromatic N) is 1. The van der Waals surface area contributed by atoms with E-state index in [0.29, 0.717) is 23.5 Å². The van der Waals surface area contributed by atoms with E-state index in [2.05, 4.69) is 4.74 Å². The second kappa shape index (κ2) is 5.40. The highest BCUT2D eigenvalue weighted by Gasteiger charge is 2.37. The minimum absolute atomic E-state index is 0.361. The Morgan fingerprint density at radius 1 is 1.35 bits per heavy atom. The Hall–Kier alpha value is -1.63. The van der Waals surface area contributed by atoms with Crippen molar-refractivity contribution in [2.24, 2.45) is 0 Å². The number of carbonyl (C=O) groups excluding carboxylic acids is 1. The molecule has 0 radical (unpaired) electrons. The van der Waals surface area contributed by atoms with E-state index in [9.17, 15) is 18.0 Å². The SMILES string of the molecule is COC(=O)[C@H]1CCN1C(=S)c1ccc(C(F)(F)F)cc1. The highest BCUT2D eigenvalue weighted by atomic mass is 32.1. The molecular formula is C13H12F3NO2S. The van der Waals surface area contributed by atoms with E-state index in [4.69, 9.17) is 12.2 Å². The number of rotatable bonds is 2. The van der Waals surface area contributed by atoms with Gasteiger partial charge in [0.2, 0.25) is 0 Å². The first-order valence-electron chi connectivity index (χ1n) is 5.90. The molecule has 1 aromatic rings. The molecule has 108 valence electrons. The Balaban J connectivity index is 2.12. The Bertz CT molecular complexity index is 527. The number of esters is 1. The monoisotopic (exact) mass is 303 g/mol. The molecule has 0 spiro atoms. The smallest absolute Gasteiger partial charge is 0.416 e. The van der Waals surface area contributed by atoms with Gasteiger partial charge in [-0.15, -0.1) is 0 Å². The summed E-state index contributed by atoms with van der Waals surface area (Å²) in [5, 5.41) is 0. The molecule has 1 aliphatic heterocycles. The number of hydrogen-bond donors (Lipinski definition) is 0. The zero-order valence-electron chi connectivity index (χ0n) is 10.6. The van der Waals surface area contributed by atoms with Gasteiger partial charge in [-0.25, -0.2) is 4.79 Å². The van der Waals surface area contributed by atoms with Gasteiger partial charge in [-0.2, -0.15) is 13.2 Å². The maximum absolute atomic E-state index is 12.5. The van der Waals surface area contributed by atoms with Crippen molar-refractivity contribution in [1.82, 2.24) is 4.90 Å². The standard InChI is InChI=1S/C13H12F3NO2S/c1-19-12(18)10-6-7-17(10)11(20)8-2-4-9(5-3-8)13(14,15)16/h2-5,10H,6-7H2,1H3/t10-/m1/s1. The minimum Gasteiger partial charge on any atom is -0.467 e. The Labute approximate surface area is 119 Å². The molecule has 7 heteroatoms. The molecule has 1 heterocycles. The molecule has 0 aromatic heterocycles. The summed E-state index contributed by atoms with van der Waals surface area (Å²) in [5.74, 6) is -0.384. The molecule has 1 saturated heterocycles. The number of likely N-dealkylation sites (tertiary alicyclic amines) is 1. The van der Waals surface area contributed by atoms with Gasteiger partial charge in [-0.3, -0.25) is 0 Å². The summed E-state index contributed by atoms with van der Waals surface area (Å²) in [7, 11) is 1.29. The Morgan fingerprint density at radius 2 is 1.95 bits per heavy atom. The second-order valence-corrected chi connectivity index (χ2v) is 4.79. The van der Waals surface area contributed by atoms with Crippen LogP contribution in [0.3, 0.4) is 0 Å². The molecular weight excluding hydrogens is 291 g/mol. The number of alkyl halides is 3. The van der Waals surface area contributed by atoms with Gasteiger partial charge in [0.05, 0.1) is 12.7 Å². The molecule has 0 saturated carbocycles. The van der Waals surface area contributed by atoms with Crippen LogP contribution in [0, 0.1) is 0 Å². The Kier molecular flexibility index (Phi) is 3.99. The average molecular weight is 303 g/mol. The van der Waals surface area contributed by atoms with Crippen molar-refractivity contribution in [1.29, 1.82) is 0 Å². The summed E-state index contributed by atoms with van der Waals surface area (Å²) in [6.45, 7) is 0.597. The van der Waals surface area contributed by atoms with Gasteiger partial charge in [0.1, 0.15) is 11.0 Å². The topological polar surface area (TPSA) is 29.5 Å². The molecule has 20 heavy (non-hydrogen) atoms. The van der Waals surface area contributed by atoms with Crippen molar-refractivity contribution in [3.63, 3.8) is 0 Å². The summed E-state index contributed by atoms with van der Waals surface area (Å²) >= 11 is 5.21. The van der Waals surface area contributed by atoms with Gasteiger partial charge in [0.15, 0.2) is 0 Å². The van der Waals surface area contributed by atoms with Gasteiger partial charge >= 0.3 is 12.1 Å². The molecule has 2 rings (SSSR count). The molecule has 1 aromatic carbocycles. The molecule has 0 unspecified atom stereocenters. The Morgan fingerprint density at radius 3 is 2.35 bits per heavy atom. The first-order chi connectivity index (χ1) is 9.34. The van der Waals surface area contributed by atoms with E-state index in [1.54, 1.807) is 4.90 Å². The molecule has 1 aliphatic rings. The molecule has 1 fully saturated rings. The van der Waals surface area contributed by atoms with E-state index in [-0.39, 0.29) is 5.97 Å². The summed E-state index contributed by atoms with van der Waals surface area (Å²) < 4.78 is 42.0. The first-order valence-corrected chi connectivity index (χ1v) is 6.31. The number of benzene rings is 1. The summed E-state index contributed by atoms with van der Waals surface area (Å²) in [5.41, 5.74) is -0.237. The molecule has 0 amide bonds. The largest absolute Gasteiger partial charge is 0.467 e. The number of carbonyl (C=O) groups is 1. The average Bonchev–Trinajstić information content (AvgIpc) is 2.36. The fraction of sp³-hybridized carbons (Fsp3) is 0.385. The third-order valence-electron chi connectivity index (χ3n) is 3.21. The predicted molar refractivity (Wildman–Crippen MR) is 70.3 cm³/mol. The van der Waals surface area contributed by atoms with Gasteiger partial charge in [-0.05, 0) is 18.6 Å². The van der Waals surface area contributed by atoms with Gasteiger partial charge in [-0.1, -0.05) is 24.4 Å². The van der Waals surface area contributed by atoms with Gasteiger partial charge in [0.25, 0.3) is 0 Å². The lowest BCUT2D eigenvalue weighted by Gasteiger charge is -2.40. The van der Waals surface area contributed by atoms with Gasteiger partial charge < -0.3 is 9.64 Å². The minimum atomic E-state index is -4.37. The van der Waals surface area contributed by atoms with Crippen LogP contribution in [0.5, 0.6) is 0 Å². The molecule has 0 bridgehead atoms. The van der Waals surface area contributed by atoms with Crippen LogP contribution >= 0.6 is 12.2 Å². The van der Waals surface area contributed by atoms with E-state index in [0.717, 1.165) is 12.1 Å². The number of ether oxygens (including phenoxy) is 1. The van der Waals surface area contributed by atoms with Crippen LogP contribution in [0.15, 0.2) is 24.3 Å². The summed E-state index contributed by atoms with van der Waals surface area (Å²) in [6, 6.07) is 4.16.